The first kappa shape index (κ1) is 21.4. The van der Waals surface area contributed by atoms with E-state index < -0.39 is 11.2 Å². The van der Waals surface area contributed by atoms with Gasteiger partial charge in [0, 0.05) is 0 Å². The third-order valence-electron chi connectivity index (χ3n) is 5.10. The highest BCUT2D eigenvalue weighted by Crippen LogP contribution is 2.45. The summed E-state index contributed by atoms with van der Waals surface area (Å²) in [7, 11) is 1.62. The molecule has 0 fully saturated rings. The van der Waals surface area contributed by atoms with Crippen molar-refractivity contribution in [1.29, 1.82) is 0 Å². The van der Waals surface area contributed by atoms with Crippen LogP contribution in [0, 0.1) is 6.92 Å². The van der Waals surface area contributed by atoms with Gasteiger partial charge in [-0.3, -0.25) is 0 Å². The number of aliphatic hydroxyl groups is 1. The van der Waals surface area contributed by atoms with Gasteiger partial charge >= 0.3 is 0 Å². The van der Waals surface area contributed by atoms with Crippen LogP contribution in [0.3, 0.4) is 0 Å². The molecule has 0 bridgehead atoms. The molecule has 2 rings (SSSR count). The molecule has 150 valence electrons. The Bertz CT molecular complexity index is 725. The summed E-state index contributed by atoms with van der Waals surface area (Å²) < 4.78 is 11.6. The molecule has 1 atom stereocenters. The van der Waals surface area contributed by atoms with Crippen molar-refractivity contribution in [2.24, 2.45) is 0 Å². The zero-order valence-electron chi connectivity index (χ0n) is 17.6. The number of allylic oxidation sites excluding steroid dienone is 2. The molecule has 1 aliphatic heterocycles. The molecule has 0 saturated heterocycles. The molecule has 1 unspecified atom stereocenters. The van der Waals surface area contributed by atoms with Crippen molar-refractivity contribution in [1.82, 2.24) is 0 Å². The smallest absolute Gasteiger partial charge is 0.173 e. The summed E-state index contributed by atoms with van der Waals surface area (Å²) in [6.45, 7) is 9.72. The number of phenolic OH excluding ortho intramolecular Hbond substituents is 1. The minimum Gasteiger partial charge on any atom is -0.504 e. The molecular weight excluding hydrogens is 340 g/mol. The van der Waals surface area contributed by atoms with E-state index in [0.29, 0.717) is 11.5 Å². The second-order valence-electron chi connectivity index (χ2n) is 8.49. The molecule has 1 aromatic rings. The Labute approximate surface area is 163 Å². The van der Waals surface area contributed by atoms with E-state index in [-0.39, 0.29) is 5.75 Å². The largest absolute Gasteiger partial charge is 0.504 e. The quantitative estimate of drug-likeness (QED) is 0.586. The van der Waals surface area contributed by atoms with Crippen LogP contribution >= 0.6 is 0 Å². The summed E-state index contributed by atoms with van der Waals surface area (Å²) in [5, 5.41) is 20.2. The van der Waals surface area contributed by atoms with E-state index in [2.05, 4.69) is 13.0 Å². The van der Waals surface area contributed by atoms with Gasteiger partial charge in [0.15, 0.2) is 11.5 Å². The maximum Gasteiger partial charge on any atom is 0.173 e. The fraction of sp³-hybridized carbons (Fsp3) is 0.565. The lowest BCUT2D eigenvalue weighted by Gasteiger charge is -2.32. The average molecular weight is 375 g/mol. The monoisotopic (exact) mass is 374 g/mol. The molecular formula is C23H34O4. The molecule has 1 aliphatic rings. The van der Waals surface area contributed by atoms with Crippen molar-refractivity contribution in [2.45, 2.75) is 77.9 Å². The van der Waals surface area contributed by atoms with Gasteiger partial charge in [0.25, 0.3) is 0 Å². The van der Waals surface area contributed by atoms with Gasteiger partial charge in [0.05, 0.1) is 18.3 Å². The van der Waals surface area contributed by atoms with Crippen LogP contribution in [0.5, 0.6) is 17.2 Å². The summed E-state index contributed by atoms with van der Waals surface area (Å²) in [4.78, 5) is 0. The molecule has 0 aromatic heterocycles. The van der Waals surface area contributed by atoms with Crippen LogP contribution in [0.25, 0.3) is 6.08 Å². The van der Waals surface area contributed by atoms with Crippen LogP contribution in [0.1, 0.15) is 70.9 Å². The Morgan fingerprint density at radius 2 is 2.07 bits per heavy atom. The van der Waals surface area contributed by atoms with Crippen LogP contribution in [0.15, 0.2) is 23.8 Å². The molecule has 0 aliphatic carbocycles. The van der Waals surface area contributed by atoms with Crippen molar-refractivity contribution in [3.05, 3.63) is 34.9 Å². The number of benzene rings is 1. The summed E-state index contributed by atoms with van der Waals surface area (Å²) in [6.07, 6.45) is 10.8. The van der Waals surface area contributed by atoms with Gasteiger partial charge in [0.2, 0.25) is 0 Å². The van der Waals surface area contributed by atoms with Gasteiger partial charge in [-0.1, -0.05) is 11.6 Å². The highest BCUT2D eigenvalue weighted by Gasteiger charge is 2.30. The highest BCUT2D eigenvalue weighted by molar-refractivity contribution is 5.72. The summed E-state index contributed by atoms with van der Waals surface area (Å²) >= 11 is 0. The summed E-state index contributed by atoms with van der Waals surface area (Å²) in [5.74, 6) is 1.39. The second-order valence-corrected chi connectivity index (χ2v) is 8.49. The lowest BCUT2D eigenvalue weighted by Crippen LogP contribution is -2.31. The zero-order chi connectivity index (χ0) is 20.2. The summed E-state index contributed by atoms with van der Waals surface area (Å²) in [5.41, 5.74) is 1.81. The Kier molecular flexibility index (Phi) is 6.63. The predicted octanol–water partition coefficient (Wildman–Crippen LogP) is 5.54. The molecule has 27 heavy (non-hydrogen) atoms. The van der Waals surface area contributed by atoms with E-state index in [9.17, 15) is 10.2 Å². The van der Waals surface area contributed by atoms with Crippen LogP contribution in [-0.2, 0) is 0 Å². The van der Waals surface area contributed by atoms with Crippen molar-refractivity contribution >= 4 is 6.08 Å². The third kappa shape index (κ3) is 5.77. The number of aromatic hydroxyl groups is 1. The van der Waals surface area contributed by atoms with Crippen LogP contribution in [-0.4, -0.2) is 28.5 Å². The van der Waals surface area contributed by atoms with Crippen LogP contribution in [0.4, 0.5) is 0 Å². The molecule has 0 amide bonds. The normalized spacial score (nSPS) is 19.6. The molecule has 1 aromatic carbocycles. The number of aryl methyl sites for hydroxylation is 1. The van der Waals surface area contributed by atoms with E-state index in [1.54, 1.807) is 7.11 Å². The van der Waals surface area contributed by atoms with Gasteiger partial charge in [-0.25, -0.2) is 0 Å². The van der Waals surface area contributed by atoms with Crippen molar-refractivity contribution in [3.63, 3.8) is 0 Å². The number of methoxy groups -OCH3 is 1. The van der Waals surface area contributed by atoms with Crippen LogP contribution < -0.4 is 9.47 Å². The van der Waals surface area contributed by atoms with E-state index in [1.165, 1.54) is 5.57 Å². The molecule has 0 saturated carbocycles. The topological polar surface area (TPSA) is 58.9 Å². The Morgan fingerprint density at radius 3 is 2.70 bits per heavy atom. The minimum absolute atomic E-state index is 0.180. The molecule has 4 nitrogen and oxygen atoms in total. The van der Waals surface area contributed by atoms with Gasteiger partial charge in [-0.2, -0.15) is 0 Å². The van der Waals surface area contributed by atoms with E-state index in [1.807, 2.05) is 45.9 Å². The lowest BCUT2D eigenvalue weighted by molar-refractivity contribution is 0.0689. The van der Waals surface area contributed by atoms with E-state index in [0.717, 1.165) is 43.2 Å². The first-order valence-electron chi connectivity index (χ1n) is 9.71. The van der Waals surface area contributed by atoms with Gasteiger partial charge < -0.3 is 19.7 Å². The fourth-order valence-electron chi connectivity index (χ4n) is 3.36. The van der Waals surface area contributed by atoms with Crippen molar-refractivity contribution < 1.29 is 19.7 Å². The average Bonchev–Trinajstić information content (AvgIpc) is 2.57. The van der Waals surface area contributed by atoms with Gasteiger partial charge in [-0.05, 0) is 90.5 Å². The fourth-order valence-corrected chi connectivity index (χ4v) is 3.36. The summed E-state index contributed by atoms with van der Waals surface area (Å²) in [6, 6.07) is 1.82. The maximum absolute atomic E-state index is 10.4. The van der Waals surface area contributed by atoms with Crippen molar-refractivity contribution in [2.75, 3.05) is 7.11 Å². The number of rotatable bonds is 8. The maximum atomic E-state index is 10.4. The number of phenols is 1. The second kappa shape index (κ2) is 8.39. The lowest BCUT2D eigenvalue weighted by atomic mass is 9.93. The van der Waals surface area contributed by atoms with Crippen LogP contribution in [0.2, 0.25) is 0 Å². The highest BCUT2D eigenvalue weighted by atomic mass is 16.5. The molecule has 0 radical (unpaired) electrons. The zero-order valence-corrected chi connectivity index (χ0v) is 17.6. The van der Waals surface area contributed by atoms with E-state index >= 15 is 0 Å². The number of ether oxygens (including phenoxy) is 2. The van der Waals surface area contributed by atoms with Gasteiger partial charge in [-0.15, -0.1) is 0 Å². The number of hydrogen-bond donors (Lipinski definition) is 2. The first-order valence-corrected chi connectivity index (χ1v) is 9.71. The predicted molar refractivity (Wildman–Crippen MR) is 111 cm³/mol. The first-order chi connectivity index (χ1) is 12.5. The molecule has 4 heteroatoms. The molecule has 0 spiro atoms. The minimum atomic E-state index is -0.594. The Morgan fingerprint density at radius 1 is 1.37 bits per heavy atom. The standard InChI is InChI=1S/C23H34O4/c1-16(9-7-12-22(3,4)25)10-8-13-23(5)14-11-18-19(26-6)15-17(2)20(24)21(18)27-23/h10-11,14-15,24-25H,7-9,12-13H2,1-6H3/b16-10+. The molecule has 2 N–H and O–H groups in total. The number of hydrogen-bond acceptors (Lipinski definition) is 4. The van der Waals surface area contributed by atoms with Crippen molar-refractivity contribution in [3.8, 4) is 17.2 Å². The SMILES string of the molecule is COc1cc(C)c(O)c2c1C=CC(C)(CC/C=C(\C)CCCC(C)(C)O)O2. The number of fused-ring (bicyclic) bond motifs is 1. The third-order valence-corrected chi connectivity index (χ3v) is 5.10. The van der Waals surface area contributed by atoms with E-state index in [4.69, 9.17) is 9.47 Å². The van der Waals surface area contributed by atoms with Gasteiger partial charge in [0.1, 0.15) is 11.4 Å². The Hall–Kier alpha value is -1.94. The Balaban J connectivity index is 2.00. The molecule has 1 heterocycles.